The van der Waals surface area contributed by atoms with Crippen LogP contribution < -0.4 is 5.32 Å². The van der Waals surface area contributed by atoms with Crippen LogP contribution in [0.15, 0.2) is 0 Å². The number of amides is 1. The largest absolute Gasteiger partial charge is 0.480 e. The second-order valence-electron chi connectivity index (χ2n) is 4.48. The second-order valence-corrected chi connectivity index (χ2v) is 5.77. The van der Waals surface area contributed by atoms with Gasteiger partial charge in [-0.1, -0.05) is 0 Å². The molecule has 1 aromatic heterocycles. The zero-order valence-corrected chi connectivity index (χ0v) is 12.0. The quantitative estimate of drug-likeness (QED) is 0.801. The molecular weight excluding hydrogens is 282 g/mol. The average Bonchev–Trinajstić information content (AvgIpc) is 2.78. The van der Waals surface area contributed by atoms with Gasteiger partial charge in [0.1, 0.15) is 17.2 Å². The first-order valence-corrected chi connectivity index (χ1v) is 7.14. The van der Waals surface area contributed by atoms with Crippen LogP contribution in [0.5, 0.6) is 0 Å². The van der Waals surface area contributed by atoms with Crippen LogP contribution in [0.2, 0.25) is 0 Å². The summed E-state index contributed by atoms with van der Waals surface area (Å²) in [5, 5.41) is 11.7. The number of carbonyl (C=O) groups is 2. The molecule has 2 rings (SSSR count). The van der Waals surface area contributed by atoms with Crippen molar-refractivity contribution in [1.82, 2.24) is 15.2 Å². The van der Waals surface area contributed by atoms with Crippen molar-refractivity contribution in [3.8, 4) is 0 Å². The smallest absolute Gasteiger partial charge is 0.322 e. The Bertz CT molecular complexity index is 497. The van der Waals surface area contributed by atoms with E-state index in [0.717, 1.165) is 36.2 Å². The van der Waals surface area contributed by atoms with Gasteiger partial charge in [0.25, 0.3) is 5.91 Å². The number of rotatable bonds is 5. The molecule has 2 N–H and O–H groups in total. The fraction of sp³-hybridized carbons (Fsp3) is 0.583. The maximum Gasteiger partial charge on any atom is 0.322 e. The number of nitrogens with one attached hydrogen (secondary N) is 1. The molecule has 1 aromatic rings. The summed E-state index contributed by atoms with van der Waals surface area (Å²) in [5.74, 6) is -1.51. The molecule has 1 amide bonds. The summed E-state index contributed by atoms with van der Waals surface area (Å²) < 4.78 is 5.28. The normalized spacial score (nSPS) is 16.1. The highest BCUT2D eigenvalue weighted by atomic mass is 32.1. The highest BCUT2D eigenvalue weighted by Gasteiger charge is 2.18. The van der Waals surface area contributed by atoms with Crippen LogP contribution in [0.3, 0.4) is 0 Å². The van der Waals surface area contributed by atoms with Crippen molar-refractivity contribution in [3.63, 3.8) is 0 Å². The van der Waals surface area contributed by atoms with E-state index in [-0.39, 0.29) is 0 Å². The Balaban J connectivity index is 1.97. The lowest BCUT2D eigenvalue weighted by atomic mass is 10.3. The summed E-state index contributed by atoms with van der Waals surface area (Å²) in [7, 11) is 0. The van der Waals surface area contributed by atoms with Crippen LogP contribution in [0.25, 0.3) is 0 Å². The van der Waals surface area contributed by atoms with E-state index in [0.29, 0.717) is 12.2 Å². The third-order valence-electron chi connectivity index (χ3n) is 2.92. The van der Waals surface area contributed by atoms with Gasteiger partial charge in [0.15, 0.2) is 0 Å². The third-order valence-corrected chi connectivity index (χ3v) is 3.87. The van der Waals surface area contributed by atoms with E-state index in [1.165, 1.54) is 11.3 Å². The van der Waals surface area contributed by atoms with Crippen LogP contribution in [0, 0.1) is 6.92 Å². The highest BCUT2D eigenvalue weighted by molar-refractivity contribution is 7.11. The predicted molar refractivity (Wildman–Crippen MR) is 72.9 cm³/mol. The van der Waals surface area contributed by atoms with E-state index in [4.69, 9.17) is 9.84 Å². The van der Waals surface area contributed by atoms with Gasteiger partial charge >= 0.3 is 5.97 Å². The lowest BCUT2D eigenvalue weighted by Gasteiger charge is -2.25. The fourth-order valence-electron chi connectivity index (χ4n) is 1.92. The lowest BCUT2D eigenvalue weighted by molar-refractivity contribution is -0.135. The Kier molecular flexibility index (Phi) is 5.05. The zero-order valence-electron chi connectivity index (χ0n) is 11.2. The Morgan fingerprint density at radius 3 is 2.80 bits per heavy atom. The van der Waals surface area contributed by atoms with Gasteiger partial charge in [-0.15, -0.1) is 11.3 Å². The fourth-order valence-corrected chi connectivity index (χ4v) is 2.89. The summed E-state index contributed by atoms with van der Waals surface area (Å²) in [5.41, 5.74) is 0.319. The van der Waals surface area contributed by atoms with Crippen LogP contribution in [0.1, 0.15) is 20.4 Å². The molecule has 0 unspecified atom stereocenters. The van der Waals surface area contributed by atoms with Gasteiger partial charge in [-0.3, -0.25) is 14.5 Å². The van der Waals surface area contributed by atoms with Gasteiger partial charge in [0.2, 0.25) is 0 Å². The number of hydrogen-bond donors (Lipinski definition) is 2. The number of thiazole rings is 1. The first kappa shape index (κ1) is 14.9. The number of nitrogens with zero attached hydrogens (tertiary/aromatic N) is 2. The van der Waals surface area contributed by atoms with E-state index in [2.05, 4.69) is 15.2 Å². The average molecular weight is 299 g/mol. The zero-order chi connectivity index (χ0) is 14.5. The van der Waals surface area contributed by atoms with Crippen LogP contribution in [-0.2, 0) is 16.1 Å². The number of carboxylic acids is 1. The maximum absolute atomic E-state index is 11.8. The first-order valence-electron chi connectivity index (χ1n) is 6.32. The van der Waals surface area contributed by atoms with Crippen LogP contribution >= 0.6 is 11.3 Å². The molecule has 1 aliphatic rings. The summed E-state index contributed by atoms with van der Waals surface area (Å²) in [4.78, 5) is 29.6. The highest BCUT2D eigenvalue weighted by Crippen LogP contribution is 2.19. The van der Waals surface area contributed by atoms with E-state index in [9.17, 15) is 9.59 Å². The van der Waals surface area contributed by atoms with E-state index >= 15 is 0 Å². The number of carboxylic acid groups (broad SMARTS) is 1. The Hall–Kier alpha value is -1.51. The van der Waals surface area contributed by atoms with Gasteiger partial charge in [0.05, 0.1) is 19.8 Å². The van der Waals surface area contributed by atoms with Crippen molar-refractivity contribution in [1.29, 1.82) is 0 Å². The third kappa shape index (κ3) is 3.99. The summed E-state index contributed by atoms with van der Waals surface area (Å²) in [6.07, 6.45) is 0. The van der Waals surface area contributed by atoms with Crippen molar-refractivity contribution in [3.05, 3.63) is 15.6 Å². The summed E-state index contributed by atoms with van der Waals surface area (Å²) in [6.45, 7) is 5.27. The lowest BCUT2D eigenvalue weighted by Crippen LogP contribution is -2.35. The van der Waals surface area contributed by atoms with Crippen molar-refractivity contribution in [2.75, 3.05) is 32.8 Å². The summed E-state index contributed by atoms with van der Waals surface area (Å²) in [6, 6.07) is 0. The Morgan fingerprint density at radius 2 is 2.15 bits per heavy atom. The SMILES string of the molecule is Cc1sc(CN2CCOCC2)nc1C(=O)NCC(=O)O. The molecule has 8 heteroatoms. The molecule has 0 radical (unpaired) electrons. The van der Waals surface area contributed by atoms with Crippen molar-refractivity contribution >= 4 is 23.2 Å². The van der Waals surface area contributed by atoms with Gasteiger partial charge < -0.3 is 15.2 Å². The van der Waals surface area contributed by atoms with E-state index in [1.54, 1.807) is 0 Å². The van der Waals surface area contributed by atoms with Crippen molar-refractivity contribution in [2.24, 2.45) is 0 Å². The minimum atomic E-state index is -1.07. The Morgan fingerprint density at radius 1 is 1.45 bits per heavy atom. The van der Waals surface area contributed by atoms with Crippen molar-refractivity contribution in [2.45, 2.75) is 13.5 Å². The minimum absolute atomic E-state index is 0.319. The predicted octanol–water partition coefficient (Wildman–Crippen LogP) is 0.0981. The molecule has 110 valence electrons. The molecule has 20 heavy (non-hydrogen) atoms. The topological polar surface area (TPSA) is 91.8 Å². The van der Waals surface area contributed by atoms with Gasteiger partial charge in [-0.2, -0.15) is 0 Å². The summed E-state index contributed by atoms with van der Waals surface area (Å²) >= 11 is 1.47. The number of aromatic nitrogens is 1. The monoisotopic (exact) mass is 299 g/mol. The molecule has 7 nitrogen and oxygen atoms in total. The number of ether oxygens (including phenoxy) is 1. The van der Waals surface area contributed by atoms with Gasteiger partial charge in [0, 0.05) is 18.0 Å². The van der Waals surface area contributed by atoms with Gasteiger partial charge in [-0.05, 0) is 6.92 Å². The molecule has 0 aliphatic carbocycles. The van der Waals surface area contributed by atoms with E-state index < -0.39 is 18.4 Å². The Labute approximate surface area is 120 Å². The number of hydrogen-bond acceptors (Lipinski definition) is 6. The molecule has 0 aromatic carbocycles. The molecular formula is C12H17N3O4S. The van der Waals surface area contributed by atoms with Gasteiger partial charge in [-0.25, -0.2) is 4.98 Å². The molecule has 1 aliphatic heterocycles. The number of morpholine rings is 1. The van der Waals surface area contributed by atoms with Crippen molar-refractivity contribution < 1.29 is 19.4 Å². The number of carbonyl (C=O) groups excluding carboxylic acids is 1. The molecule has 0 saturated carbocycles. The number of aliphatic carboxylic acids is 1. The standard InChI is InChI=1S/C12H17N3O4S/c1-8-11(12(18)13-6-10(16)17)14-9(20-8)7-15-2-4-19-5-3-15/h2-7H2,1H3,(H,13,18)(H,16,17). The van der Waals surface area contributed by atoms with Crippen LogP contribution in [0.4, 0.5) is 0 Å². The maximum atomic E-state index is 11.8. The molecule has 2 heterocycles. The molecule has 0 bridgehead atoms. The molecule has 0 spiro atoms. The number of aryl methyl sites for hydroxylation is 1. The molecule has 1 saturated heterocycles. The molecule has 0 atom stereocenters. The van der Waals surface area contributed by atoms with Crippen LogP contribution in [-0.4, -0.2) is 59.7 Å². The van der Waals surface area contributed by atoms with E-state index in [1.807, 2.05) is 6.92 Å². The molecule has 1 fully saturated rings. The first-order chi connectivity index (χ1) is 9.56. The minimum Gasteiger partial charge on any atom is -0.480 e. The second kappa shape index (κ2) is 6.78.